The van der Waals surface area contributed by atoms with Crippen LogP contribution in [0.2, 0.25) is 24.2 Å². The summed E-state index contributed by atoms with van der Waals surface area (Å²) in [5.41, 5.74) is 0. The van der Waals surface area contributed by atoms with Crippen LogP contribution in [0.3, 0.4) is 0 Å². The van der Waals surface area contributed by atoms with E-state index in [0.29, 0.717) is 0 Å². The molecule has 0 bridgehead atoms. The molecule has 188 valence electrons. The standard InChI is InChI=1S/C30H64Si/c1-5-9-13-17-19-22-26-30-31(27-23-16-12-8-4,28-24-20-15-11-7-3)29-25-21-18-14-10-6-2/h5-30H2,1-4H3. The van der Waals surface area contributed by atoms with Crippen LogP contribution in [0.25, 0.3) is 0 Å². The topological polar surface area (TPSA) is 0 Å². The lowest BCUT2D eigenvalue weighted by molar-refractivity contribution is 0.594. The minimum absolute atomic E-state index is 1.05. The molecular weight excluding hydrogens is 388 g/mol. The van der Waals surface area contributed by atoms with E-state index in [-0.39, 0.29) is 0 Å². The highest BCUT2D eigenvalue weighted by molar-refractivity contribution is 6.79. The minimum Gasteiger partial charge on any atom is -0.0654 e. The third-order valence-corrected chi connectivity index (χ3v) is 13.4. The lowest BCUT2D eigenvalue weighted by Crippen LogP contribution is -2.34. The van der Waals surface area contributed by atoms with E-state index in [4.69, 9.17) is 0 Å². The van der Waals surface area contributed by atoms with E-state index in [1.54, 1.807) is 49.9 Å². The summed E-state index contributed by atoms with van der Waals surface area (Å²) in [6, 6.07) is 6.70. The van der Waals surface area contributed by atoms with Crippen LogP contribution in [-0.2, 0) is 0 Å². The van der Waals surface area contributed by atoms with Crippen LogP contribution in [0.1, 0.15) is 169 Å². The van der Waals surface area contributed by atoms with Crippen molar-refractivity contribution in [2.75, 3.05) is 0 Å². The fourth-order valence-electron chi connectivity index (χ4n) is 5.52. The summed E-state index contributed by atoms with van der Waals surface area (Å²) in [4.78, 5) is 0. The SMILES string of the molecule is CCCCCCCCC[Si](CCCCCC)(CCCCCCC)CCCCCCCC. The Bertz CT molecular complexity index is 326. The van der Waals surface area contributed by atoms with Crippen molar-refractivity contribution in [3.63, 3.8) is 0 Å². The van der Waals surface area contributed by atoms with E-state index in [1.165, 1.54) is 116 Å². The molecule has 1 heteroatoms. The molecule has 0 spiro atoms. The zero-order valence-electron chi connectivity index (χ0n) is 22.9. The quantitative estimate of drug-likeness (QED) is 0.0903. The third-order valence-electron chi connectivity index (χ3n) is 7.74. The lowest BCUT2D eigenvalue weighted by Gasteiger charge is -2.33. The van der Waals surface area contributed by atoms with Gasteiger partial charge in [-0.3, -0.25) is 0 Å². The highest BCUT2D eigenvalue weighted by atomic mass is 28.3. The summed E-state index contributed by atoms with van der Waals surface area (Å²) in [7, 11) is -1.05. The van der Waals surface area contributed by atoms with Gasteiger partial charge in [0.05, 0.1) is 8.07 Å². The predicted molar refractivity (Wildman–Crippen MR) is 149 cm³/mol. The fourth-order valence-corrected chi connectivity index (χ4v) is 11.0. The number of hydrogen-bond donors (Lipinski definition) is 0. The molecule has 31 heavy (non-hydrogen) atoms. The van der Waals surface area contributed by atoms with Crippen LogP contribution >= 0.6 is 0 Å². The van der Waals surface area contributed by atoms with Gasteiger partial charge in [0.2, 0.25) is 0 Å². The zero-order valence-corrected chi connectivity index (χ0v) is 23.9. The van der Waals surface area contributed by atoms with Gasteiger partial charge >= 0.3 is 0 Å². The van der Waals surface area contributed by atoms with Crippen LogP contribution in [-0.4, -0.2) is 8.07 Å². The first-order valence-corrected chi connectivity index (χ1v) is 18.1. The summed E-state index contributed by atoms with van der Waals surface area (Å²) < 4.78 is 0. The van der Waals surface area contributed by atoms with Crippen molar-refractivity contribution in [3.05, 3.63) is 0 Å². The number of hydrogen-bond acceptors (Lipinski definition) is 0. The van der Waals surface area contributed by atoms with E-state index in [9.17, 15) is 0 Å². The van der Waals surface area contributed by atoms with Crippen molar-refractivity contribution < 1.29 is 0 Å². The monoisotopic (exact) mass is 452 g/mol. The second kappa shape index (κ2) is 24.9. The van der Waals surface area contributed by atoms with Crippen LogP contribution in [0.15, 0.2) is 0 Å². The Morgan fingerprint density at radius 3 is 0.710 bits per heavy atom. The van der Waals surface area contributed by atoms with E-state index in [1.807, 2.05) is 0 Å². The molecule has 0 aliphatic rings. The lowest BCUT2D eigenvalue weighted by atomic mass is 10.1. The molecular formula is C30H64Si. The van der Waals surface area contributed by atoms with Gasteiger partial charge in [0.15, 0.2) is 0 Å². The zero-order chi connectivity index (χ0) is 22.9. The molecule has 0 aliphatic heterocycles. The van der Waals surface area contributed by atoms with Crippen molar-refractivity contribution in [1.29, 1.82) is 0 Å². The molecule has 0 amide bonds. The van der Waals surface area contributed by atoms with Crippen LogP contribution in [0.4, 0.5) is 0 Å². The van der Waals surface area contributed by atoms with Crippen molar-refractivity contribution in [2.24, 2.45) is 0 Å². The smallest absolute Gasteiger partial charge is 0.0535 e. The second-order valence-corrected chi connectivity index (χ2v) is 15.9. The van der Waals surface area contributed by atoms with Gasteiger partial charge in [-0.2, -0.15) is 0 Å². The first-order valence-electron chi connectivity index (χ1n) is 15.2. The summed E-state index contributed by atoms with van der Waals surface area (Å²) in [5.74, 6) is 0. The Balaban J connectivity index is 4.66. The first-order chi connectivity index (χ1) is 15.2. The molecule has 0 N–H and O–H groups in total. The molecule has 0 saturated carbocycles. The Kier molecular flexibility index (Phi) is 25.0. The van der Waals surface area contributed by atoms with Gasteiger partial charge in [-0.25, -0.2) is 0 Å². The molecule has 0 rings (SSSR count). The van der Waals surface area contributed by atoms with E-state index in [2.05, 4.69) is 27.7 Å². The maximum atomic E-state index is 2.37. The van der Waals surface area contributed by atoms with E-state index >= 15 is 0 Å². The maximum Gasteiger partial charge on any atom is 0.0535 e. The highest BCUT2D eigenvalue weighted by Gasteiger charge is 2.30. The molecule has 0 heterocycles. The Hall–Kier alpha value is 0.217. The molecule has 0 aromatic heterocycles. The fraction of sp³-hybridized carbons (Fsp3) is 1.00. The summed E-state index contributed by atoms with van der Waals surface area (Å²) >= 11 is 0. The molecule has 0 saturated heterocycles. The highest BCUT2D eigenvalue weighted by Crippen LogP contribution is 2.35. The number of rotatable bonds is 26. The molecule has 0 aliphatic carbocycles. The van der Waals surface area contributed by atoms with Crippen molar-refractivity contribution in [1.82, 2.24) is 0 Å². The van der Waals surface area contributed by atoms with Gasteiger partial charge in [0.1, 0.15) is 0 Å². The van der Waals surface area contributed by atoms with E-state index < -0.39 is 8.07 Å². The molecule has 0 aromatic carbocycles. The van der Waals surface area contributed by atoms with Crippen LogP contribution in [0.5, 0.6) is 0 Å². The largest absolute Gasteiger partial charge is 0.0654 e. The maximum absolute atomic E-state index is 2.37. The number of unbranched alkanes of at least 4 members (excludes halogenated alkanes) is 18. The third kappa shape index (κ3) is 20.5. The molecule has 1 unspecified atom stereocenters. The average molecular weight is 453 g/mol. The normalized spacial score (nSPS) is 13.5. The molecule has 0 radical (unpaired) electrons. The molecule has 0 fully saturated rings. The molecule has 0 nitrogen and oxygen atoms in total. The first kappa shape index (κ1) is 31.2. The minimum atomic E-state index is -1.05. The van der Waals surface area contributed by atoms with Gasteiger partial charge in [0, 0.05) is 0 Å². The van der Waals surface area contributed by atoms with Crippen molar-refractivity contribution >= 4 is 8.07 Å². The van der Waals surface area contributed by atoms with Gasteiger partial charge in [-0.1, -0.05) is 193 Å². The predicted octanol–water partition coefficient (Wildman–Crippen LogP) is 12.1. The van der Waals surface area contributed by atoms with Gasteiger partial charge in [-0.05, 0) is 0 Å². The second-order valence-electron chi connectivity index (χ2n) is 10.9. The summed E-state index contributed by atoms with van der Waals surface area (Å²) in [6.07, 6.45) is 32.6. The summed E-state index contributed by atoms with van der Waals surface area (Å²) in [6.45, 7) is 9.40. The Morgan fingerprint density at radius 2 is 0.452 bits per heavy atom. The van der Waals surface area contributed by atoms with Crippen molar-refractivity contribution in [2.45, 2.75) is 193 Å². The summed E-state index contributed by atoms with van der Waals surface area (Å²) in [5, 5.41) is 0. The van der Waals surface area contributed by atoms with E-state index in [0.717, 1.165) is 0 Å². The Labute approximate surface area is 201 Å². The van der Waals surface area contributed by atoms with Gasteiger partial charge in [0.25, 0.3) is 0 Å². The van der Waals surface area contributed by atoms with Gasteiger partial charge in [-0.15, -0.1) is 0 Å². The van der Waals surface area contributed by atoms with Gasteiger partial charge < -0.3 is 0 Å². The molecule has 0 aromatic rings. The van der Waals surface area contributed by atoms with Crippen LogP contribution < -0.4 is 0 Å². The Morgan fingerprint density at radius 1 is 0.258 bits per heavy atom. The van der Waals surface area contributed by atoms with Crippen molar-refractivity contribution in [3.8, 4) is 0 Å². The average Bonchev–Trinajstić information content (AvgIpc) is 2.78. The molecule has 1 atom stereocenters. The van der Waals surface area contributed by atoms with Crippen LogP contribution in [0, 0.1) is 0 Å².